The highest BCUT2D eigenvalue weighted by Crippen LogP contribution is 2.20. The number of aryl methyl sites for hydroxylation is 2. The molecule has 0 unspecified atom stereocenters. The number of nitrogens with zero attached hydrogens (tertiary/aromatic N) is 3. The molecule has 1 aromatic carbocycles. The van der Waals surface area contributed by atoms with Crippen LogP contribution in [-0.2, 0) is 18.3 Å². The lowest BCUT2D eigenvalue weighted by Crippen LogP contribution is -2.37. The predicted molar refractivity (Wildman–Crippen MR) is 95.4 cm³/mol. The summed E-state index contributed by atoms with van der Waals surface area (Å²) in [5, 5.41) is 7.13. The molecule has 1 atom stereocenters. The first-order valence-corrected chi connectivity index (χ1v) is 8.03. The molecule has 130 valence electrons. The first-order valence-electron chi connectivity index (χ1n) is 8.03. The second-order valence-electron chi connectivity index (χ2n) is 6.12. The largest absolute Gasteiger partial charge is 0.496 e. The van der Waals surface area contributed by atoms with Crippen LogP contribution in [0.2, 0.25) is 0 Å². The van der Waals surface area contributed by atoms with Crippen molar-refractivity contribution in [2.75, 3.05) is 26.0 Å². The zero-order chi connectivity index (χ0) is 17.7. The molecule has 0 spiro atoms. The molecular weight excluding hydrogens is 304 g/mol. The van der Waals surface area contributed by atoms with Crippen LogP contribution in [0.5, 0.6) is 5.75 Å². The Bertz CT molecular complexity index is 696. The molecular formula is C18H26N4O2. The Morgan fingerprint density at radius 2 is 2.12 bits per heavy atom. The van der Waals surface area contributed by atoms with Crippen LogP contribution in [0.1, 0.15) is 18.2 Å². The van der Waals surface area contributed by atoms with Crippen LogP contribution in [0, 0.1) is 6.92 Å². The molecule has 1 aromatic heterocycles. The van der Waals surface area contributed by atoms with E-state index in [1.54, 1.807) is 11.8 Å². The van der Waals surface area contributed by atoms with Crippen LogP contribution in [0.3, 0.4) is 0 Å². The number of likely N-dealkylation sites (N-methyl/N-ethyl adjacent to an activating group) is 1. The van der Waals surface area contributed by atoms with Gasteiger partial charge < -0.3 is 10.1 Å². The third-order valence-corrected chi connectivity index (χ3v) is 4.12. The highest BCUT2D eigenvalue weighted by atomic mass is 16.5. The minimum absolute atomic E-state index is 0.0487. The van der Waals surface area contributed by atoms with Crippen molar-refractivity contribution in [3.63, 3.8) is 0 Å². The van der Waals surface area contributed by atoms with Crippen LogP contribution < -0.4 is 10.1 Å². The van der Waals surface area contributed by atoms with Crippen molar-refractivity contribution < 1.29 is 9.53 Å². The highest BCUT2D eigenvalue weighted by molar-refractivity contribution is 5.91. The van der Waals surface area contributed by atoms with Gasteiger partial charge in [-0.3, -0.25) is 14.4 Å². The lowest BCUT2D eigenvalue weighted by atomic mass is 10.1. The summed E-state index contributed by atoms with van der Waals surface area (Å²) in [5.74, 6) is 1.54. The first kappa shape index (κ1) is 18.0. The highest BCUT2D eigenvalue weighted by Gasteiger charge is 2.16. The number of aromatic nitrogens is 2. The summed E-state index contributed by atoms with van der Waals surface area (Å²) < 4.78 is 7.07. The summed E-state index contributed by atoms with van der Waals surface area (Å²) in [6, 6.07) is 10.0. The molecule has 0 bridgehead atoms. The third-order valence-electron chi connectivity index (χ3n) is 4.12. The van der Waals surface area contributed by atoms with Crippen molar-refractivity contribution in [3.8, 4) is 5.75 Å². The number of rotatable bonds is 7. The summed E-state index contributed by atoms with van der Waals surface area (Å²) in [5.41, 5.74) is 2.02. The minimum atomic E-state index is -0.0487. The van der Waals surface area contributed by atoms with Gasteiger partial charge in [0.2, 0.25) is 5.91 Å². The van der Waals surface area contributed by atoms with Crippen LogP contribution in [0.15, 0.2) is 30.3 Å². The van der Waals surface area contributed by atoms with E-state index in [1.807, 2.05) is 50.2 Å². The van der Waals surface area contributed by atoms with Gasteiger partial charge in [-0.25, -0.2) is 0 Å². The number of hydrogen-bond acceptors (Lipinski definition) is 4. The average Bonchev–Trinajstić information content (AvgIpc) is 2.85. The predicted octanol–water partition coefficient (Wildman–Crippen LogP) is 2.24. The number of anilines is 1. The molecule has 6 nitrogen and oxygen atoms in total. The SMILES string of the molecule is COc1ccccc1C[C@@H](C)N(C)CC(=O)Nc1cc(C)nn1C. The van der Waals surface area contributed by atoms with Crippen molar-refractivity contribution in [2.45, 2.75) is 26.3 Å². The van der Waals surface area contributed by atoms with Gasteiger partial charge in [0.25, 0.3) is 0 Å². The Morgan fingerprint density at radius 3 is 2.75 bits per heavy atom. The van der Waals surface area contributed by atoms with E-state index in [0.717, 1.165) is 23.4 Å². The molecule has 0 saturated carbocycles. The lowest BCUT2D eigenvalue weighted by molar-refractivity contribution is -0.117. The number of amides is 1. The molecule has 24 heavy (non-hydrogen) atoms. The van der Waals surface area contributed by atoms with Gasteiger partial charge in [-0.2, -0.15) is 5.10 Å². The Labute approximate surface area is 143 Å². The number of nitrogens with one attached hydrogen (secondary N) is 1. The lowest BCUT2D eigenvalue weighted by Gasteiger charge is -2.24. The van der Waals surface area contributed by atoms with Gasteiger partial charge in [-0.05, 0) is 38.9 Å². The van der Waals surface area contributed by atoms with Crippen molar-refractivity contribution in [3.05, 3.63) is 41.6 Å². The minimum Gasteiger partial charge on any atom is -0.496 e. The standard InChI is InChI=1S/C18H26N4O2/c1-13-10-17(22(4)20-13)19-18(23)12-21(3)14(2)11-15-8-6-7-9-16(15)24-5/h6-10,14H,11-12H2,1-5H3,(H,19,23)/t14-/m1/s1. The van der Waals surface area contributed by atoms with Crippen LogP contribution in [0.4, 0.5) is 5.82 Å². The Morgan fingerprint density at radius 1 is 1.42 bits per heavy atom. The first-order chi connectivity index (χ1) is 11.4. The van der Waals surface area contributed by atoms with Gasteiger partial charge >= 0.3 is 0 Å². The van der Waals surface area contributed by atoms with E-state index in [0.29, 0.717) is 12.4 Å². The Hall–Kier alpha value is -2.34. The van der Waals surface area contributed by atoms with E-state index in [2.05, 4.69) is 23.4 Å². The average molecular weight is 330 g/mol. The number of benzene rings is 1. The van der Waals surface area contributed by atoms with E-state index < -0.39 is 0 Å². The molecule has 6 heteroatoms. The summed E-state index contributed by atoms with van der Waals surface area (Å²) >= 11 is 0. The number of methoxy groups -OCH3 is 1. The van der Waals surface area contributed by atoms with E-state index in [-0.39, 0.29) is 11.9 Å². The number of carbonyl (C=O) groups is 1. The fourth-order valence-corrected chi connectivity index (χ4v) is 2.64. The topological polar surface area (TPSA) is 59.4 Å². The Balaban J connectivity index is 1.92. The number of hydrogen-bond donors (Lipinski definition) is 1. The molecule has 0 aliphatic carbocycles. The normalized spacial score (nSPS) is 12.2. The smallest absolute Gasteiger partial charge is 0.239 e. The summed E-state index contributed by atoms with van der Waals surface area (Å²) in [6.45, 7) is 4.32. The summed E-state index contributed by atoms with van der Waals surface area (Å²) in [7, 11) is 5.45. The second kappa shape index (κ2) is 7.97. The van der Waals surface area contributed by atoms with Gasteiger partial charge in [-0.15, -0.1) is 0 Å². The van der Waals surface area contributed by atoms with E-state index in [9.17, 15) is 4.79 Å². The van der Waals surface area contributed by atoms with Crippen molar-refractivity contribution >= 4 is 11.7 Å². The van der Waals surface area contributed by atoms with E-state index in [1.165, 1.54) is 0 Å². The van der Waals surface area contributed by atoms with Crippen LogP contribution >= 0.6 is 0 Å². The van der Waals surface area contributed by atoms with Crippen molar-refractivity contribution in [2.24, 2.45) is 7.05 Å². The zero-order valence-corrected chi connectivity index (χ0v) is 15.0. The van der Waals surface area contributed by atoms with Gasteiger partial charge in [-0.1, -0.05) is 18.2 Å². The maximum absolute atomic E-state index is 12.2. The number of carbonyl (C=O) groups excluding carboxylic acids is 1. The molecule has 1 N–H and O–H groups in total. The summed E-state index contributed by atoms with van der Waals surface area (Å²) in [4.78, 5) is 14.3. The molecule has 2 rings (SSSR count). The molecule has 0 radical (unpaired) electrons. The van der Waals surface area contributed by atoms with Crippen LogP contribution in [-0.4, -0.2) is 47.3 Å². The maximum atomic E-state index is 12.2. The Kier molecular flexibility index (Phi) is 5.98. The molecule has 0 saturated heterocycles. The second-order valence-corrected chi connectivity index (χ2v) is 6.12. The number of para-hydroxylation sites is 1. The fraction of sp³-hybridized carbons (Fsp3) is 0.444. The monoisotopic (exact) mass is 330 g/mol. The third kappa shape index (κ3) is 4.58. The number of ether oxygens (including phenoxy) is 1. The van der Waals surface area contributed by atoms with Crippen molar-refractivity contribution in [1.29, 1.82) is 0 Å². The molecule has 0 fully saturated rings. The van der Waals surface area contributed by atoms with Gasteiger partial charge in [0.15, 0.2) is 0 Å². The van der Waals surface area contributed by atoms with Crippen molar-refractivity contribution in [1.82, 2.24) is 14.7 Å². The van der Waals surface area contributed by atoms with Gasteiger partial charge in [0.1, 0.15) is 11.6 Å². The molecule has 1 heterocycles. The van der Waals surface area contributed by atoms with Gasteiger partial charge in [0, 0.05) is 19.2 Å². The quantitative estimate of drug-likeness (QED) is 0.846. The maximum Gasteiger partial charge on any atom is 0.239 e. The summed E-state index contributed by atoms with van der Waals surface area (Å²) in [6.07, 6.45) is 0.818. The van der Waals surface area contributed by atoms with Gasteiger partial charge in [0.05, 0.1) is 19.3 Å². The molecule has 0 aliphatic heterocycles. The van der Waals surface area contributed by atoms with E-state index >= 15 is 0 Å². The van der Waals surface area contributed by atoms with E-state index in [4.69, 9.17) is 4.74 Å². The fourth-order valence-electron chi connectivity index (χ4n) is 2.64. The zero-order valence-electron chi connectivity index (χ0n) is 15.0. The molecule has 1 amide bonds. The van der Waals surface area contributed by atoms with Crippen LogP contribution in [0.25, 0.3) is 0 Å². The molecule has 2 aromatic rings. The molecule has 0 aliphatic rings.